The van der Waals surface area contributed by atoms with Crippen LogP contribution in [0.1, 0.15) is 35.3 Å². The van der Waals surface area contributed by atoms with Gasteiger partial charge in [0.05, 0.1) is 29.7 Å². The van der Waals surface area contributed by atoms with Gasteiger partial charge in [0.15, 0.2) is 0 Å². The number of alkyl halides is 3. The van der Waals surface area contributed by atoms with Crippen LogP contribution in [-0.4, -0.2) is 36.2 Å². The van der Waals surface area contributed by atoms with Crippen LogP contribution in [0.3, 0.4) is 0 Å². The van der Waals surface area contributed by atoms with Gasteiger partial charge in [0.25, 0.3) is 5.91 Å². The van der Waals surface area contributed by atoms with Gasteiger partial charge < -0.3 is 15.0 Å². The highest BCUT2D eigenvalue weighted by Gasteiger charge is 2.30. The van der Waals surface area contributed by atoms with Gasteiger partial charge in [0.1, 0.15) is 5.82 Å². The summed E-state index contributed by atoms with van der Waals surface area (Å²) < 4.78 is 44.4. The van der Waals surface area contributed by atoms with Crippen LogP contribution in [0.25, 0.3) is 11.1 Å². The number of nitrogens with zero attached hydrogens (tertiary/aromatic N) is 2. The van der Waals surface area contributed by atoms with Crippen molar-refractivity contribution in [2.24, 2.45) is 0 Å². The van der Waals surface area contributed by atoms with Gasteiger partial charge >= 0.3 is 6.18 Å². The van der Waals surface area contributed by atoms with Crippen LogP contribution >= 0.6 is 0 Å². The second kappa shape index (κ2) is 9.46. The number of morpholine rings is 1. The number of aromatic nitrogens is 1. The molecule has 4 rings (SSSR count). The first-order valence-electron chi connectivity index (χ1n) is 11.1. The summed E-state index contributed by atoms with van der Waals surface area (Å²) in [6.45, 7) is 7.33. The number of hydrogen-bond donors (Lipinski definition) is 1. The number of anilines is 2. The number of rotatable bonds is 4. The SMILES string of the molecule is Cc1c(C(=O)Nc2ccc(N3CC(C)OC(C)C3)nc2)cccc1-c1ccc(C(F)(F)F)cc1. The standard InChI is InChI=1S/C26H26F3N3O2/c1-16-14-32(15-17(2)34-16)24-12-11-21(13-30-24)31-25(33)23-6-4-5-22(18(23)3)19-7-9-20(10-8-19)26(27,28)29/h4-13,16-17H,14-15H2,1-3H3,(H,31,33). The molecule has 0 spiro atoms. The number of carbonyl (C=O) groups excluding carboxylic acids is 1. The largest absolute Gasteiger partial charge is 0.416 e. The van der Waals surface area contributed by atoms with Gasteiger partial charge in [0, 0.05) is 18.7 Å². The maximum absolute atomic E-state index is 13.0. The zero-order valence-corrected chi connectivity index (χ0v) is 19.2. The van der Waals surface area contributed by atoms with Gasteiger partial charge in [-0.15, -0.1) is 0 Å². The summed E-state index contributed by atoms with van der Waals surface area (Å²) in [5.41, 5.74) is 2.28. The Balaban J connectivity index is 1.49. The van der Waals surface area contributed by atoms with E-state index < -0.39 is 11.7 Å². The number of halogens is 3. The molecule has 0 radical (unpaired) electrons. The first kappa shape index (κ1) is 23.8. The molecule has 34 heavy (non-hydrogen) atoms. The maximum atomic E-state index is 13.0. The fraction of sp³-hybridized carbons (Fsp3) is 0.308. The number of benzene rings is 2. The molecular weight excluding hydrogens is 443 g/mol. The molecule has 3 aromatic rings. The second-order valence-corrected chi connectivity index (χ2v) is 8.57. The van der Waals surface area contributed by atoms with Crippen LogP contribution in [0.4, 0.5) is 24.7 Å². The fourth-order valence-electron chi connectivity index (χ4n) is 4.24. The van der Waals surface area contributed by atoms with Gasteiger partial charge in [-0.3, -0.25) is 4.79 Å². The predicted molar refractivity (Wildman–Crippen MR) is 126 cm³/mol. The Morgan fingerprint density at radius 3 is 2.29 bits per heavy atom. The normalized spacial score (nSPS) is 18.6. The highest BCUT2D eigenvalue weighted by atomic mass is 19.4. The summed E-state index contributed by atoms with van der Waals surface area (Å²) >= 11 is 0. The van der Waals surface area contributed by atoms with E-state index in [4.69, 9.17) is 4.74 Å². The van der Waals surface area contributed by atoms with Crippen LogP contribution in [-0.2, 0) is 10.9 Å². The number of hydrogen-bond acceptors (Lipinski definition) is 4. The van der Waals surface area contributed by atoms with Crippen LogP contribution in [0.2, 0.25) is 0 Å². The van der Waals surface area contributed by atoms with Crippen LogP contribution < -0.4 is 10.2 Å². The minimum Gasteiger partial charge on any atom is -0.372 e. The van der Waals surface area contributed by atoms with Crippen molar-refractivity contribution in [3.63, 3.8) is 0 Å². The van der Waals surface area contributed by atoms with Crippen LogP contribution in [0.5, 0.6) is 0 Å². The molecule has 0 aliphatic carbocycles. The van der Waals surface area contributed by atoms with E-state index in [9.17, 15) is 18.0 Å². The van der Waals surface area contributed by atoms with Gasteiger partial charge in [-0.2, -0.15) is 13.2 Å². The molecule has 1 N–H and O–H groups in total. The van der Waals surface area contributed by atoms with Crippen LogP contribution in [0, 0.1) is 6.92 Å². The number of nitrogens with one attached hydrogen (secondary N) is 1. The minimum absolute atomic E-state index is 0.116. The van der Waals surface area contributed by atoms with Crippen molar-refractivity contribution in [1.82, 2.24) is 4.98 Å². The zero-order valence-electron chi connectivity index (χ0n) is 19.2. The Bertz CT molecular complexity index is 1150. The van der Waals surface area contributed by atoms with E-state index >= 15 is 0 Å². The molecule has 2 atom stereocenters. The highest BCUT2D eigenvalue weighted by molar-refractivity contribution is 6.06. The third-order valence-corrected chi connectivity index (χ3v) is 5.85. The average Bonchev–Trinajstić information content (AvgIpc) is 2.78. The van der Waals surface area contributed by atoms with Crippen molar-refractivity contribution < 1.29 is 22.7 Å². The third-order valence-electron chi connectivity index (χ3n) is 5.85. The topological polar surface area (TPSA) is 54.5 Å². The quantitative estimate of drug-likeness (QED) is 0.514. The lowest BCUT2D eigenvalue weighted by Crippen LogP contribution is -2.45. The summed E-state index contributed by atoms with van der Waals surface area (Å²) in [5.74, 6) is 0.509. The molecular formula is C26H26F3N3O2. The lowest BCUT2D eigenvalue weighted by molar-refractivity contribution is -0.137. The Labute approximate surface area is 196 Å². The molecule has 2 heterocycles. The minimum atomic E-state index is -4.39. The van der Waals surface area contributed by atoms with Crippen molar-refractivity contribution in [1.29, 1.82) is 0 Å². The lowest BCUT2D eigenvalue weighted by Gasteiger charge is -2.36. The first-order chi connectivity index (χ1) is 16.1. The van der Waals surface area contributed by atoms with Crippen molar-refractivity contribution in [3.8, 4) is 11.1 Å². The average molecular weight is 470 g/mol. The molecule has 1 aliphatic rings. The van der Waals surface area contributed by atoms with Gasteiger partial charge in [-0.1, -0.05) is 24.3 Å². The van der Waals surface area contributed by atoms with Gasteiger partial charge in [0.2, 0.25) is 0 Å². The molecule has 5 nitrogen and oxygen atoms in total. The zero-order chi connectivity index (χ0) is 24.5. The van der Waals surface area contributed by atoms with Gasteiger partial charge in [-0.05, 0) is 67.8 Å². The summed E-state index contributed by atoms with van der Waals surface area (Å²) in [6, 6.07) is 13.8. The molecule has 1 aliphatic heterocycles. The molecule has 0 bridgehead atoms. The molecule has 1 fully saturated rings. The number of amides is 1. The highest BCUT2D eigenvalue weighted by Crippen LogP contribution is 2.32. The smallest absolute Gasteiger partial charge is 0.372 e. The monoisotopic (exact) mass is 469 g/mol. The van der Waals surface area contributed by atoms with E-state index in [1.807, 2.05) is 19.9 Å². The summed E-state index contributed by atoms with van der Waals surface area (Å²) in [5, 5.41) is 2.86. The number of carbonyl (C=O) groups is 1. The molecule has 1 saturated heterocycles. The Morgan fingerprint density at radius 1 is 1.03 bits per heavy atom. The summed E-state index contributed by atoms with van der Waals surface area (Å²) in [4.78, 5) is 19.6. The lowest BCUT2D eigenvalue weighted by atomic mass is 9.95. The maximum Gasteiger partial charge on any atom is 0.416 e. The van der Waals surface area contributed by atoms with E-state index in [0.717, 1.165) is 31.0 Å². The fourth-order valence-corrected chi connectivity index (χ4v) is 4.24. The Hall–Kier alpha value is -3.39. The molecule has 2 aromatic carbocycles. The molecule has 1 aromatic heterocycles. The Morgan fingerprint density at radius 2 is 1.71 bits per heavy atom. The van der Waals surface area contributed by atoms with E-state index in [1.165, 1.54) is 12.1 Å². The van der Waals surface area contributed by atoms with Crippen LogP contribution in [0.15, 0.2) is 60.8 Å². The number of ether oxygens (including phenoxy) is 1. The third kappa shape index (κ3) is 5.22. The van der Waals surface area contributed by atoms with Crippen molar-refractivity contribution in [3.05, 3.63) is 77.5 Å². The van der Waals surface area contributed by atoms with Gasteiger partial charge in [-0.25, -0.2) is 4.98 Å². The predicted octanol–water partition coefficient (Wildman–Crippen LogP) is 5.94. The van der Waals surface area contributed by atoms with Crippen molar-refractivity contribution in [2.75, 3.05) is 23.3 Å². The number of pyridine rings is 1. The second-order valence-electron chi connectivity index (χ2n) is 8.57. The molecule has 8 heteroatoms. The summed E-state index contributed by atoms with van der Waals surface area (Å²) in [7, 11) is 0. The summed E-state index contributed by atoms with van der Waals surface area (Å²) in [6.07, 6.45) is -2.54. The van der Waals surface area contributed by atoms with Crippen molar-refractivity contribution >= 4 is 17.4 Å². The van der Waals surface area contributed by atoms with E-state index in [1.54, 1.807) is 37.4 Å². The first-order valence-corrected chi connectivity index (χ1v) is 11.1. The van der Waals surface area contributed by atoms with Crippen molar-refractivity contribution in [2.45, 2.75) is 39.2 Å². The molecule has 1 amide bonds. The molecule has 178 valence electrons. The van der Waals surface area contributed by atoms with E-state index in [-0.39, 0.29) is 18.1 Å². The molecule has 2 unspecified atom stereocenters. The van der Waals surface area contributed by atoms with E-state index in [0.29, 0.717) is 27.9 Å². The Kier molecular flexibility index (Phi) is 6.61. The van der Waals surface area contributed by atoms with E-state index in [2.05, 4.69) is 15.2 Å². The molecule has 0 saturated carbocycles.